The van der Waals surface area contributed by atoms with Gasteiger partial charge in [0.25, 0.3) is 0 Å². The molecule has 1 aliphatic carbocycles. The summed E-state index contributed by atoms with van der Waals surface area (Å²) in [5.41, 5.74) is 0.318. The largest absolute Gasteiger partial charge is 0.508 e. The highest BCUT2D eigenvalue weighted by atomic mass is 16.6. The molecule has 0 aliphatic heterocycles. The van der Waals surface area contributed by atoms with Gasteiger partial charge in [0.05, 0.1) is 5.41 Å². The standard InChI is InChI=1S/C16H19NO3/c1-5-16(8-9-16)12-10-11(6-7-13(12)18)17-14(19)20-15(2,3)4/h1,6-7,10,18H,8-9H2,2-4H3,(H,17,19). The predicted octanol–water partition coefficient (Wildman–Crippen LogP) is 3.40. The van der Waals surface area contributed by atoms with Crippen LogP contribution in [-0.4, -0.2) is 16.8 Å². The summed E-state index contributed by atoms with van der Waals surface area (Å²) in [6.45, 7) is 5.39. The van der Waals surface area contributed by atoms with Crippen LogP contribution in [0.4, 0.5) is 10.5 Å². The molecular formula is C16H19NO3. The molecule has 2 N–H and O–H groups in total. The third-order valence-electron chi connectivity index (χ3n) is 3.18. The molecule has 106 valence electrons. The van der Waals surface area contributed by atoms with Crippen LogP contribution >= 0.6 is 0 Å². The monoisotopic (exact) mass is 273 g/mol. The van der Waals surface area contributed by atoms with Gasteiger partial charge in [-0.25, -0.2) is 4.79 Å². The Balaban J connectivity index is 2.17. The molecule has 0 atom stereocenters. The van der Waals surface area contributed by atoms with E-state index >= 15 is 0 Å². The smallest absolute Gasteiger partial charge is 0.412 e. The Hall–Kier alpha value is -2.15. The molecule has 4 nitrogen and oxygen atoms in total. The zero-order chi connectivity index (χ0) is 15.0. The minimum absolute atomic E-state index is 0.162. The van der Waals surface area contributed by atoms with Gasteiger partial charge < -0.3 is 9.84 Å². The molecule has 0 bridgehead atoms. The number of anilines is 1. The molecule has 0 spiro atoms. The Morgan fingerprint density at radius 1 is 1.45 bits per heavy atom. The summed E-state index contributed by atoms with van der Waals surface area (Å²) < 4.78 is 5.19. The van der Waals surface area contributed by atoms with Crippen LogP contribution in [-0.2, 0) is 10.2 Å². The van der Waals surface area contributed by atoms with Crippen molar-refractivity contribution in [1.29, 1.82) is 0 Å². The maximum atomic E-state index is 11.7. The van der Waals surface area contributed by atoms with Gasteiger partial charge in [0.2, 0.25) is 0 Å². The highest BCUT2D eigenvalue weighted by molar-refractivity contribution is 5.85. The lowest BCUT2D eigenvalue weighted by molar-refractivity contribution is 0.0636. The highest BCUT2D eigenvalue weighted by Gasteiger charge is 2.44. The molecule has 20 heavy (non-hydrogen) atoms. The minimum Gasteiger partial charge on any atom is -0.508 e. The van der Waals surface area contributed by atoms with E-state index in [4.69, 9.17) is 11.2 Å². The van der Waals surface area contributed by atoms with E-state index in [0.29, 0.717) is 11.3 Å². The molecule has 4 heteroatoms. The molecular weight excluding hydrogens is 254 g/mol. The van der Waals surface area contributed by atoms with E-state index in [2.05, 4.69) is 11.2 Å². The summed E-state index contributed by atoms with van der Waals surface area (Å²) >= 11 is 0. The predicted molar refractivity (Wildman–Crippen MR) is 77.7 cm³/mol. The summed E-state index contributed by atoms with van der Waals surface area (Å²) in [6.07, 6.45) is 6.71. The number of carbonyl (C=O) groups is 1. The molecule has 1 aliphatic rings. The van der Waals surface area contributed by atoms with Gasteiger partial charge in [-0.3, -0.25) is 5.32 Å². The Kier molecular flexibility index (Phi) is 3.39. The molecule has 2 rings (SSSR count). The molecule has 1 amide bonds. The Morgan fingerprint density at radius 2 is 2.10 bits per heavy atom. The van der Waals surface area contributed by atoms with Crippen molar-refractivity contribution in [1.82, 2.24) is 0 Å². The van der Waals surface area contributed by atoms with E-state index in [1.54, 1.807) is 39.0 Å². The number of phenols is 1. The number of carbonyl (C=O) groups excluding carboxylic acids is 1. The van der Waals surface area contributed by atoms with Crippen LogP contribution in [0, 0.1) is 12.3 Å². The van der Waals surface area contributed by atoms with E-state index in [1.165, 1.54) is 0 Å². The second-order valence-electron chi connectivity index (χ2n) is 6.09. The summed E-state index contributed by atoms with van der Waals surface area (Å²) in [5, 5.41) is 12.6. The molecule has 0 unspecified atom stereocenters. The fraction of sp³-hybridized carbons (Fsp3) is 0.438. The average molecular weight is 273 g/mol. The topological polar surface area (TPSA) is 58.6 Å². The summed E-state index contributed by atoms with van der Waals surface area (Å²) in [6, 6.07) is 4.88. The van der Waals surface area contributed by atoms with Crippen LogP contribution in [0.5, 0.6) is 5.75 Å². The fourth-order valence-corrected chi connectivity index (χ4v) is 2.03. The van der Waals surface area contributed by atoms with Crippen LogP contribution in [0.2, 0.25) is 0 Å². The summed E-state index contributed by atoms with van der Waals surface area (Å²) in [5.74, 6) is 2.89. The lowest BCUT2D eigenvalue weighted by atomic mass is 9.95. The van der Waals surface area contributed by atoms with Gasteiger partial charge in [0, 0.05) is 11.3 Å². The average Bonchev–Trinajstić information content (AvgIpc) is 3.10. The van der Waals surface area contributed by atoms with Crippen molar-refractivity contribution < 1.29 is 14.6 Å². The van der Waals surface area contributed by atoms with E-state index in [1.807, 2.05) is 0 Å². The molecule has 0 heterocycles. The number of phenolic OH excluding ortho intramolecular Hbond substituents is 1. The van der Waals surface area contributed by atoms with E-state index < -0.39 is 11.7 Å². The third-order valence-corrected chi connectivity index (χ3v) is 3.18. The quantitative estimate of drug-likeness (QED) is 0.641. The fourth-order valence-electron chi connectivity index (χ4n) is 2.03. The van der Waals surface area contributed by atoms with Crippen molar-refractivity contribution in [2.45, 2.75) is 44.6 Å². The SMILES string of the molecule is C#CC1(c2cc(NC(=O)OC(C)(C)C)ccc2O)CC1. The van der Waals surface area contributed by atoms with Crippen LogP contribution in [0.3, 0.4) is 0 Å². The first-order valence-corrected chi connectivity index (χ1v) is 6.57. The third kappa shape index (κ3) is 3.05. The number of rotatable bonds is 2. The Bertz CT molecular complexity index is 574. The molecule has 1 aromatic rings. The van der Waals surface area contributed by atoms with Gasteiger partial charge in [-0.2, -0.15) is 0 Å². The second-order valence-corrected chi connectivity index (χ2v) is 6.09. The van der Waals surface area contributed by atoms with Crippen molar-refractivity contribution in [3.05, 3.63) is 23.8 Å². The molecule has 1 aromatic carbocycles. The van der Waals surface area contributed by atoms with Crippen molar-refractivity contribution in [2.75, 3.05) is 5.32 Å². The second kappa shape index (κ2) is 4.75. The lowest BCUT2D eigenvalue weighted by Gasteiger charge is -2.20. The minimum atomic E-state index is -0.555. The van der Waals surface area contributed by atoms with Crippen LogP contribution in [0.25, 0.3) is 0 Å². The van der Waals surface area contributed by atoms with Crippen molar-refractivity contribution in [2.24, 2.45) is 0 Å². The number of benzene rings is 1. The first-order chi connectivity index (χ1) is 9.26. The maximum absolute atomic E-state index is 11.7. The van der Waals surface area contributed by atoms with Crippen molar-refractivity contribution in [3.63, 3.8) is 0 Å². The van der Waals surface area contributed by atoms with Gasteiger partial charge >= 0.3 is 6.09 Å². The van der Waals surface area contributed by atoms with Crippen LogP contribution in [0.15, 0.2) is 18.2 Å². The Morgan fingerprint density at radius 3 is 2.60 bits per heavy atom. The van der Waals surface area contributed by atoms with E-state index in [-0.39, 0.29) is 11.2 Å². The molecule has 0 radical (unpaired) electrons. The van der Waals surface area contributed by atoms with Gasteiger partial charge in [-0.1, -0.05) is 5.92 Å². The van der Waals surface area contributed by atoms with Crippen molar-refractivity contribution >= 4 is 11.8 Å². The number of amides is 1. The zero-order valence-corrected chi connectivity index (χ0v) is 12.0. The first-order valence-electron chi connectivity index (χ1n) is 6.57. The number of hydrogen-bond donors (Lipinski definition) is 2. The van der Waals surface area contributed by atoms with Crippen LogP contribution in [0.1, 0.15) is 39.2 Å². The normalized spacial score (nSPS) is 16.1. The number of ether oxygens (including phenoxy) is 1. The molecule has 1 saturated carbocycles. The molecule has 0 aromatic heterocycles. The zero-order valence-electron chi connectivity index (χ0n) is 12.0. The first kappa shape index (κ1) is 14.3. The number of terminal acetylenes is 1. The maximum Gasteiger partial charge on any atom is 0.412 e. The summed E-state index contributed by atoms with van der Waals surface area (Å²) in [7, 11) is 0. The van der Waals surface area contributed by atoms with Crippen LogP contribution < -0.4 is 5.32 Å². The highest BCUT2D eigenvalue weighted by Crippen LogP contribution is 2.51. The van der Waals surface area contributed by atoms with Gasteiger partial charge in [0.1, 0.15) is 11.4 Å². The molecule has 1 fully saturated rings. The van der Waals surface area contributed by atoms with Crippen molar-refractivity contribution in [3.8, 4) is 18.1 Å². The number of nitrogens with one attached hydrogen (secondary N) is 1. The van der Waals surface area contributed by atoms with Gasteiger partial charge in [0.15, 0.2) is 0 Å². The number of hydrogen-bond acceptors (Lipinski definition) is 3. The van der Waals surface area contributed by atoms with E-state index in [9.17, 15) is 9.90 Å². The Labute approximate surface area is 119 Å². The number of aromatic hydroxyl groups is 1. The molecule has 0 saturated heterocycles. The summed E-state index contributed by atoms with van der Waals surface area (Å²) in [4.78, 5) is 11.7. The lowest BCUT2D eigenvalue weighted by Crippen LogP contribution is -2.27. The van der Waals surface area contributed by atoms with E-state index in [0.717, 1.165) is 12.8 Å². The van der Waals surface area contributed by atoms with Gasteiger partial charge in [-0.15, -0.1) is 6.42 Å². The van der Waals surface area contributed by atoms with Gasteiger partial charge in [-0.05, 0) is 51.8 Å².